The summed E-state index contributed by atoms with van der Waals surface area (Å²) < 4.78 is 42.8. The highest BCUT2D eigenvalue weighted by atomic mass is 19.4. The molecule has 0 radical (unpaired) electrons. The van der Waals surface area contributed by atoms with Gasteiger partial charge in [0.05, 0.1) is 19.1 Å². The summed E-state index contributed by atoms with van der Waals surface area (Å²) in [7, 11) is 1.23. The molecule has 0 bridgehead atoms. The van der Waals surface area contributed by atoms with Crippen LogP contribution in [0.1, 0.15) is 16.7 Å². The molecule has 1 amide bonds. The zero-order valence-corrected chi connectivity index (χ0v) is 17.4. The van der Waals surface area contributed by atoms with Crippen molar-refractivity contribution in [1.29, 1.82) is 0 Å². The number of alkyl halides is 3. The number of benzene rings is 3. The number of nitrogens with one attached hydrogen (secondary N) is 1. The maximum Gasteiger partial charge on any atom is 0.416 e. The third kappa shape index (κ3) is 6.20. The fraction of sp³-hybridized carbons (Fsp3) is 0.200. The molecular formula is C25H22F3NO3. The molecule has 0 spiro atoms. The molecule has 1 N–H and O–H groups in total. The summed E-state index contributed by atoms with van der Waals surface area (Å²) in [6.45, 7) is 0. The van der Waals surface area contributed by atoms with Crippen LogP contribution in [0, 0.1) is 0 Å². The first kappa shape index (κ1) is 23.1. The Morgan fingerprint density at radius 2 is 1.41 bits per heavy atom. The summed E-state index contributed by atoms with van der Waals surface area (Å²) >= 11 is 0. The Labute approximate surface area is 184 Å². The third-order valence-electron chi connectivity index (χ3n) is 4.97. The van der Waals surface area contributed by atoms with Crippen molar-refractivity contribution in [2.45, 2.75) is 25.1 Å². The fourth-order valence-corrected chi connectivity index (χ4v) is 3.28. The Bertz CT molecular complexity index is 1050. The molecule has 166 valence electrons. The Morgan fingerprint density at radius 1 is 0.844 bits per heavy atom. The zero-order valence-electron chi connectivity index (χ0n) is 17.4. The van der Waals surface area contributed by atoms with Crippen LogP contribution >= 0.6 is 0 Å². The van der Waals surface area contributed by atoms with E-state index >= 15 is 0 Å². The van der Waals surface area contributed by atoms with Crippen molar-refractivity contribution in [3.63, 3.8) is 0 Å². The molecule has 3 aromatic carbocycles. The van der Waals surface area contributed by atoms with Gasteiger partial charge in [-0.25, -0.2) is 4.79 Å². The van der Waals surface area contributed by atoms with Crippen molar-refractivity contribution in [3.8, 4) is 11.1 Å². The van der Waals surface area contributed by atoms with Gasteiger partial charge in [-0.05, 0) is 34.4 Å². The second-order valence-electron chi connectivity index (χ2n) is 7.28. The van der Waals surface area contributed by atoms with Gasteiger partial charge >= 0.3 is 12.1 Å². The smallest absolute Gasteiger partial charge is 0.416 e. The molecule has 0 fully saturated rings. The second-order valence-corrected chi connectivity index (χ2v) is 7.28. The average Bonchev–Trinajstić information content (AvgIpc) is 2.79. The van der Waals surface area contributed by atoms with Gasteiger partial charge in [-0.1, -0.05) is 66.7 Å². The van der Waals surface area contributed by atoms with Crippen molar-refractivity contribution in [3.05, 3.63) is 95.6 Å². The molecular weight excluding hydrogens is 419 g/mol. The molecule has 0 aliphatic carbocycles. The van der Waals surface area contributed by atoms with Crippen LogP contribution < -0.4 is 5.32 Å². The lowest BCUT2D eigenvalue weighted by atomic mass is 10.0. The van der Waals surface area contributed by atoms with E-state index in [1.165, 1.54) is 19.2 Å². The molecule has 0 saturated heterocycles. The van der Waals surface area contributed by atoms with Gasteiger partial charge in [0.25, 0.3) is 0 Å². The normalized spacial score (nSPS) is 12.1. The van der Waals surface area contributed by atoms with Crippen LogP contribution in [0.15, 0.2) is 78.9 Å². The van der Waals surface area contributed by atoms with Crippen molar-refractivity contribution in [2.75, 3.05) is 7.11 Å². The Morgan fingerprint density at radius 3 is 1.97 bits per heavy atom. The van der Waals surface area contributed by atoms with Crippen LogP contribution in [0.3, 0.4) is 0 Å². The predicted octanol–water partition coefficient (Wildman–Crippen LogP) is 4.82. The minimum absolute atomic E-state index is 0.154. The lowest BCUT2D eigenvalue weighted by molar-refractivity contribution is -0.145. The number of rotatable bonds is 7. The van der Waals surface area contributed by atoms with Crippen molar-refractivity contribution < 1.29 is 27.5 Å². The largest absolute Gasteiger partial charge is 0.467 e. The molecule has 32 heavy (non-hydrogen) atoms. The van der Waals surface area contributed by atoms with Crippen LogP contribution in [0.25, 0.3) is 11.1 Å². The van der Waals surface area contributed by atoms with Gasteiger partial charge in [-0.3, -0.25) is 4.79 Å². The Balaban J connectivity index is 1.65. The minimum atomic E-state index is -4.44. The molecule has 1 atom stereocenters. The number of methoxy groups -OCH3 is 1. The molecule has 0 saturated carbocycles. The van der Waals surface area contributed by atoms with Gasteiger partial charge in [0.1, 0.15) is 6.04 Å². The first-order valence-electron chi connectivity index (χ1n) is 9.94. The molecule has 0 unspecified atom stereocenters. The van der Waals surface area contributed by atoms with E-state index in [4.69, 9.17) is 4.74 Å². The monoisotopic (exact) mass is 441 g/mol. The third-order valence-corrected chi connectivity index (χ3v) is 4.97. The molecule has 7 heteroatoms. The number of esters is 1. The van der Waals surface area contributed by atoms with Crippen molar-refractivity contribution in [2.24, 2.45) is 0 Å². The summed E-state index contributed by atoms with van der Waals surface area (Å²) in [6, 6.07) is 20.9. The molecule has 3 aromatic rings. The van der Waals surface area contributed by atoms with Gasteiger partial charge in [0.2, 0.25) is 5.91 Å². The van der Waals surface area contributed by atoms with E-state index in [1.807, 2.05) is 54.6 Å². The summed E-state index contributed by atoms with van der Waals surface area (Å²) in [5.74, 6) is -1.08. The SMILES string of the molecule is COC(=O)[C@@H](Cc1ccc(-c2ccccc2)cc1)NC(=O)Cc1ccc(C(F)(F)F)cc1. The molecule has 3 rings (SSSR count). The summed E-state index contributed by atoms with van der Waals surface area (Å²) in [6.07, 6.45) is -4.37. The highest BCUT2D eigenvalue weighted by molar-refractivity contribution is 5.85. The summed E-state index contributed by atoms with van der Waals surface area (Å²) in [5, 5.41) is 2.62. The number of halogens is 3. The Kier molecular flexibility index (Phi) is 7.30. The van der Waals surface area contributed by atoms with E-state index in [-0.39, 0.29) is 12.8 Å². The van der Waals surface area contributed by atoms with Crippen molar-refractivity contribution >= 4 is 11.9 Å². The topological polar surface area (TPSA) is 55.4 Å². The van der Waals surface area contributed by atoms with Crippen LogP contribution in [-0.4, -0.2) is 25.0 Å². The second kappa shape index (κ2) is 10.1. The van der Waals surface area contributed by atoms with E-state index in [9.17, 15) is 22.8 Å². The van der Waals surface area contributed by atoms with Crippen LogP contribution in [0.2, 0.25) is 0 Å². The number of hydrogen-bond donors (Lipinski definition) is 1. The van der Waals surface area contributed by atoms with Crippen LogP contribution in [0.4, 0.5) is 13.2 Å². The highest BCUT2D eigenvalue weighted by Crippen LogP contribution is 2.29. The van der Waals surface area contributed by atoms with Crippen molar-refractivity contribution in [1.82, 2.24) is 5.32 Å². The van der Waals surface area contributed by atoms with Crippen LogP contribution in [-0.2, 0) is 33.3 Å². The van der Waals surface area contributed by atoms with Gasteiger partial charge in [-0.2, -0.15) is 13.2 Å². The average molecular weight is 441 g/mol. The molecule has 4 nitrogen and oxygen atoms in total. The number of amides is 1. The van der Waals surface area contributed by atoms with E-state index in [0.29, 0.717) is 5.56 Å². The molecule has 0 aromatic heterocycles. The lowest BCUT2D eigenvalue weighted by Crippen LogP contribution is -2.43. The number of carbonyl (C=O) groups is 2. The maximum atomic E-state index is 12.7. The van der Waals surface area contributed by atoms with Gasteiger partial charge in [-0.15, -0.1) is 0 Å². The minimum Gasteiger partial charge on any atom is -0.467 e. The van der Waals surface area contributed by atoms with E-state index < -0.39 is 29.7 Å². The summed E-state index contributed by atoms with van der Waals surface area (Å²) in [4.78, 5) is 24.6. The molecule has 0 aliphatic heterocycles. The zero-order chi connectivity index (χ0) is 23.1. The first-order valence-corrected chi connectivity index (χ1v) is 9.94. The number of hydrogen-bond acceptors (Lipinski definition) is 3. The van der Waals surface area contributed by atoms with Crippen LogP contribution in [0.5, 0.6) is 0 Å². The number of ether oxygens (including phenoxy) is 1. The lowest BCUT2D eigenvalue weighted by Gasteiger charge is -2.17. The quantitative estimate of drug-likeness (QED) is 0.535. The first-order chi connectivity index (χ1) is 15.3. The highest BCUT2D eigenvalue weighted by Gasteiger charge is 2.30. The standard InChI is InChI=1S/C25H22F3NO3/c1-32-24(31)22(15-17-7-11-20(12-8-17)19-5-3-2-4-6-19)29-23(30)16-18-9-13-21(14-10-18)25(26,27)28/h2-14,22H,15-16H2,1H3,(H,29,30)/t22-/m1/s1. The van der Waals surface area contributed by atoms with Gasteiger partial charge < -0.3 is 10.1 Å². The number of carbonyl (C=O) groups excluding carboxylic acids is 2. The molecule has 0 heterocycles. The predicted molar refractivity (Wildman–Crippen MR) is 115 cm³/mol. The maximum absolute atomic E-state index is 12.7. The van der Waals surface area contributed by atoms with E-state index in [2.05, 4.69) is 5.32 Å². The van der Waals surface area contributed by atoms with Gasteiger partial charge in [0.15, 0.2) is 0 Å². The van der Waals surface area contributed by atoms with E-state index in [1.54, 1.807) is 0 Å². The van der Waals surface area contributed by atoms with E-state index in [0.717, 1.165) is 28.8 Å². The molecule has 0 aliphatic rings. The summed E-state index contributed by atoms with van der Waals surface area (Å²) in [5.41, 5.74) is 2.54. The van der Waals surface area contributed by atoms with Gasteiger partial charge in [0, 0.05) is 6.42 Å². The fourth-order valence-electron chi connectivity index (χ4n) is 3.28. The Hall–Kier alpha value is -3.61.